The summed E-state index contributed by atoms with van der Waals surface area (Å²) >= 11 is 0. The Bertz CT molecular complexity index is 1110. The van der Waals surface area contributed by atoms with Crippen molar-refractivity contribution in [2.24, 2.45) is 0 Å². The number of hydrogen-bond acceptors (Lipinski definition) is 13. The molecule has 2 N–H and O–H groups in total. The van der Waals surface area contributed by atoms with Crippen LogP contribution in [0.3, 0.4) is 0 Å². The van der Waals surface area contributed by atoms with Crippen LogP contribution in [0.1, 0.15) is 40.2 Å². The lowest BCUT2D eigenvalue weighted by molar-refractivity contribution is -0.287. The second-order valence-corrected chi connectivity index (χ2v) is 9.27. The van der Waals surface area contributed by atoms with E-state index >= 15 is 0 Å². The van der Waals surface area contributed by atoms with Gasteiger partial charge in [-0.05, 0) is 12.5 Å². The second-order valence-electron chi connectivity index (χ2n) is 9.27. The summed E-state index contributed by atoms with van der Waals surface area (Å²) in [5, 5.41) is 4.93. The number of methoxy groups -OCH3 is 1. The molecule has 2 amide bonds. The maximum Gasteiger partial charge on any atom is 0.408 e. The fraction of sp³-hybridized carbons (Fsp3) is 0.556. The monoisotopic (exact) mass is 596 g/mol. The molecular weight excluding hydrogens is 560 g/mol. The van der Waals surface area contributed by atoms with Crippen LogP contribution >= 0.6 is 0 Å². The molecule has 42 heavy (non-hydrogen) atoms. The summed E-state index contributed by atoms with van der Waals surface area (Å²) in [5.74, 6) is -3.72. The molecule has 0 aliphatic carbocycles. The van der Waals surface area contributed by atoms with Crippen LogP contribution < -0.4 is 10.6 Å². The Labute approximate surface area is 242 Å². The molecule has 0 saturated carbocycles. The van der Waals surface area contributed by atoms with Crippen LogP contribution in [-0.4, -0.2) is 92.4 Å². The zero-order valence-corrected chi connectivity index (χ0v) is 24.1. The maximum absolute atomic E-state index is 12.6. The van der Waals surface area contributed by atoms with Crippen molar-refractivity contribution in [3.05, 3.63) is 35.9 Å². The molecule has 15 heteroatoms. The summed E-state index contributed by atoms with van der Waals surface area (Å²) in [4.78, 5) is 72.8. The lowest BCUT2D eigenvalue weighted by Crippen LogP contribution is -2.67. The van der Waals surface area contributed by atoms with E-state index in [0.717, 1.165) is 27.9 Å². The number of benzene rings is 1. The minimum atomic E-state index is -1.48. The highest BCUT2D eigenvalue weighted by Gasteiger charge is 2.52. The number of carbonyl (C=O) groups is 6. The lowest BCUT2D eigenvalue weighted by Gasteiger charge is -2.45. The standard InChI is InChI=1S/C27H36N2O13/c1-14(21(25(34)36-6)29-27(35)38-12-19-10-8-7-9-11-19)39-26-22(28-15(2)30)24(41-18(5)33)23(40-17(4)32)20(42-26)13-37-16(3)31/h7-11,14,20-24,26H,12-13H2,1-6H3,(H,28,30)(H,29,35)/t14?,20-,21+,22-,23-,24-,26-/m1/s1. The van der Waals surface area contributed by atoms with Gasteiger partial charge in [-0.1, -0.05) is 30.3 Å². The van der Waals surface area contributed by atoms with E-state index in [4.69, 9.17) is 33.2 Å². The number of nitrogens with one attached hydrogen (secondary N) is 2. The number of hydrogen-bond donors (Lipinski definition) is 2. The molecule has 1 saturated heterocycles. The Kier molecular flexibility index (Phi) is 13.2. The fourth-order valence-electron chi connectivity index (χ4n) is 4.08. The van der Waals surface area contributed by atoms with Crippen molar-refractivity contribution in [1.29, 1.82) is 0 Å². The molecule has 7 atom stereocenters. The van der Waals surface area contributed by atoms with Gasteiger partial charge in [0, 0.05) is 27.7 Å². The van der Waals surface area contributed by atoms with Gasteiger partial charge in [0.1, 0.15) is 25.4 Å². The van der Waals surface area contributed by atoms with Gasteiger partial charge in [-0.25, -0.2) is 9.59 Å². The maximum atomic E-state index is 12.6. The second kappa shape index (κ2) is 16.3. The molecule has 1 aromatic carbocycles. The van der Waals surface area contributed by atoms with Crippen LogP contribution in [0.2, 0.25) is 0 Å². The normalized spacial score (nSPS) is 22.9. The molecule has 1 fully saturated rings. The van der Waals surface area contributed by atoms with Crippen molar-refractivity contribution in [3.63, 3.8) is 0 Å². The fourth-order valence-corrected chi connectivity index (χ4v) is 4.08. The van der Waals surface area contributed by atoms with E-state index in [9.17, 15) is 28.8 Å². The van der Waals surface area contributed by atoms with Crippen molar-refractivity contribution in [3.8, 4) is 0 Å². The molecule has 0 bridgehead atoms. The van der Waals surface area contributed by atoms with E-state index in [-0.39, 0.29) is 6.61 Å². The summed E-state index contributed by atoms with van der Waals surface area (Å²) in [6.07, 6.45) is -7.56. The van der Waals surface area contributed by atoms with E-state index in [1.54, 1.807) is 30.3 Å². The average Bonchev–Trinajstić information content (AvgIpc) is 2.92. The van der Waals surface area contributed by atoms with Gasteiger partial charge in [-0.3, -0.25) is 19.2 Å². The highest BCUT2D eigenvalue weighted by molar-refractivity contribution is 5.82. The predicted molar refractivity (Wildman–Crippen MR) is 140 cm³/mol. The first kappa shape index (κ1) is 34.0. The highest BCUT2D eigenvalue weighted by Crippen LogP contribution is 2.29. The van der Waals surface area contributed by atoms with Crippen LogP contribution in [0.4, 0.5) is 4.79 Å². The van der Waals surface area contributed by atoms with Crippen LogP contribution in [0, 0.1) is 0 Å². The van der Waals surface area contributed by atoms with Crippen molar-refractivity contribution < 1.29 is 61.9 Å². The first-order chi connectivity index (χ1) is 19.8. The minimum absolute atomic E-state index is 0.0778. The van der Waals surface area contributed by atoms with Crippen molar-refractivity contribution in [2.45, 2.75) is 84.0 Å². The molecule has 1 unspecified atom stereocenters. The van der Waals surface area contributed by atoms with Gasteiger partial charge in [-0.2, -0.15) is 0 Å². The average molecular weight is 597 g/mol. The third-order valence-electron chi connectivity index (χ3n) is 5.83. The number of alkyl carbamates (subject to hydrolysis) is 1. The zero-order valence-electron chi connectivity index (χ0n) is 24.1. The van der Waals surface area contributed by atoms with E-state index in [1.165, 1.54) is 13.8 Å². The summed E-state index contributed by atoms with van der Waals surface area (Å²) in [6.45, 7) is 5.42. The van der Waals surface area contributed by atoms with Crippen LogP contribution in [0.15, 0.2) is 30.3 Å². The number of amides is 2. The molecule has 0 radical (unpaired) electrons. The molecular formula is C27H36N2O13. The Morgan fingerprint density at radius 2 is 1.50 bits per heavy atom. The van der Waals surface area contributed by atoms with Crippen LogP contribution in [0.25, 0.3) is 0 Å². The Hall–Kier alpha value is -4.24. The van der Waals surface area contributed by atoms with Gasteiger partial charge >= 0.3 is 30.0 Å². The molecule has 0 spiro atoms. The van der Waals surface area contributed by atoms with E-state index in [1.807, 2.05) is 0 Å². The third-order valence-corrected chi connectivity index (χ3v) is 5.83. The van der Waals surface area contributed by atoms with Crippen molar-refractivity contribution >= 4 is 35.9 Å². The summed E-state index contributed by atoms with van der Waals surface area (Å²) in [7, 11) is 1.10. The SMILES string of the molecule is COC(=O)[C@@H](NC(=O)OCc1ccccc1)C(C)O[C@@H]1O[C@H](COC(C)=O)[C@@H](OC(C)=O)[C@H](OC(C)=O)[C@H]1NC(C)=O. The smallest absolute Gasteiger partial charge is 0.408 e. The van der Waals surface area contributed by atoms with E-state index in [2.05, 4.69) is 10.6 Å². The Morgan fingerprint density at radius 3 is 2.05 bits per heavy atom. The first-order valence-corrected chi connectivity index (χ1v) is 12.9. The number of rotatable bonds is 12. The van der Waals surface area contributed by atoms with Gasteiger partial charge in [0.2, 0.25) is 5.91 Å². The number of carbonyl (C=O) groups excluding carboxylic acids is 6. The summed E-state index contributed by atoms with van der Waals surface area (Å²) in [6, 6.07) is 6.11. The zero-order chi connectivity index (χ0) is 31.4. The van der Waals surface area contributed by atoms with Crippen LogP contribution in [0.5, 0.6) is 0 Å². The largest absolute Gasteiger partial charge is 0.467 e. The van der Waals surface area contributed by atoms with Crippen LogP contribution in [-0.2, 0) is 63.7 Å². The van der Waals surface area contributed by atoms with Gasteiger partial charge in [-0.15, -0.1) is 0 Å². The quantitative estimate of drug-likeness (QED) is 0.251. The number of ether oxygens (including phenoxy) is 7. The number of esters is 4. The molecule has 2 rings (SSSR count). The summed E-state index contributed by atoms with van der Waals surface area (Å²) < 4.78 is 37.7. The van der Waals surface area contributed by atoms with Gasteiger partial charge in [0.25, 0.3) is 0 Å². The molecule has 232 valence electrons. The van der Waals surface area contributed by atoms with E-state index in [0.29, 0.717) is 5.56 Å². The predicted octanol–water partition coefficient (Wildman–Crippen LogP) is 0.516. The molecule has 1 aliphatic rings. The van der Waals surface area contributed by atoms with Gasteiger partial charge in [0.05, 0.1) is 13.2 Å². The first-order valence-electron chi connectivity index (χ1n) is 12.9. The van der Waals surface area contributed by atoms with Crippen molar-refractivity contribution in [1.82, 2.24) is 10.6 Å². The molecule has 1 aromatic rings. The third kappa shape index (κ3) is 10.6. The molecule has 0 aromatic heterocycles. The Balaban J connectivity index is 2.34. The Morgan fingerprint density at radius 1 is 0.881 bits per heavy atom. The lowest BCUT2D eigenvalue weighted by atomic mass is 9.95. The van der Waals surface area contributed by atoms with E-state index < -0.39 is 85.3 Å². The summed E-state index contributed by atoms with van der Waals surface area (Å²) in [5.41, 5.74) is 0.706. The molecule has 1 heterocycles. The van der Waals surface area contributed by atoms with Gasteiger partial charge < -0.3 is 43.8 Å². The van der Waals surface area contributed by atoms with Gasteiger partial charge in [0.15, 0.2) is 24.5 Å². The minimum Gasteiger partial charge on any atom is -0.467 e. The molecule has 15 nitrogen and oxygen atoms in total. The topological polar surface area (TPSA) is 191 Å². The highest BCUT2D eigenvalue weighted by atomic mass is 16.7. The van der Waals surface area contributed by atoms with Crippen molar-refractivity contribution in [2.75, 3.05) is 13.7 Å². The molecule has 1 aliphatic heterocycles.